The van der Waals surface area contributed by atoms with Gasteiger partial charge in [0.05, 0.1) is 12.7 Å². The summed E-state index contributed by atoms with van der Waals surface area (Å²) in [5, 5.41) is 0.0104. The lowest BCUT2D eigenvalue weighted by molar-refractivity contribution is -0.137. The third-order valence-electron chi connectivity index (χ3n) is 2.73. The lowest BCUT2D eigenvalue weighted by Gasteiger charge is -2.17. The Morgan fingerprint density at radius 1 is 1.53 bits per heavy atom. The average Bonchev–Trinajstić information content (AvgIpc) is 2.67. The van der Waals surface area contributed by atoms with Gasteiger partial charge in [0, 0.05) is 12.7 Å². The molecule has 19 heavy (non-hydrogen) atoms. The van der Waals surface area contributed by atoms with Crippen molar-refractivity contribution in [2.45, 2.75) is 30.8 Å². The van der Waals surface area contributed by atoms with E-state index in [0.717, 1.165) is 5.46 Å². The maximum Gasteiger partial charge on any atom is 0.258 e. The van der Waals surface area contributed by atoms with Gasteiger partial charge in [0.2, 0.25) is 0 Å². The van der Waals surface area contributed by atoms with Gasteiger partial charge in [-0.3, -0.25) is 0 Å². The Hall–Kier alpha value is -0.955. The molecule has 1 unspecified atom stereocenters. The van der Waals surface area contributed by atoms with E-state index in [4.69, 9.17) is 9.47 Å². The molecule has 8 heteroatoms. The number of hydrogen-bond donors (Lipinski definition) is 1. The number of hydrogen-bond acceptors (Lipinski definition) is 5. The molecule has 2 heterocycles. The Morgan fingerprint density at radius 2 is 2.26 bits per heavy atom. The van der Waals surface area contributed by atoms with Crippen LogP contribution in [-0.2, 0) is 19.5 Å². The molecule has 1 aliphatic heterocycles. The van der Waals surface area contributed by atoms with E-state index in [-0.39, 0.29) is 17.7 Å². The topological polar surface area (TPSA) is 77.5 Å². The standard InChI is InChI=1S/C11H17BN2O4S/c1-11(2)17-7-9(18-11)6-14-19(15,16)10-4-3-8(12)5-13-10/h3-5,9,14H,6-7,12H2,1-2H3. The van der Waals surface area contributed by atoms with Crippen LogP contribution in [0.1, 0.15) is 13.8 Å². The summed E-state index contributed by atoms with van der Waals surface area (Å²) in [7, 11) is -1.75. The first kappa shape index (κ1) is 14.5. The molecule has 1 atom stereocenters. The second kappa shape index (κ2) is 5.20. The smallest absolute Gasteiger partial charge is 0.258 e. The molecule has 0 saturated carbocycles. The van der Waals surface area contributed by atoms with Crippen LogP contribution in [0.4, 0.5) is 0 Å². The molecule has 6 nitrogen and oxygen atoms in total. The predicted octanol–water partition coefficient (Wildman–Crippen LogP) is -1.23. The molecular formula is C11H17BN2O4S. The number of nitrogens with zero attached hydrogens (tertiary/aromatic N) is 1. The highest BCUT2D eigenvalue weighted by atomic mass is 32.2. The first-order valence-electron chi connectivity index (χ1n) is 6.03. The molecule has 0 aromatic carbocycles. The van der Waals surface area contributed by atoms with Crippen LogP contribution in [0.15, 0.2) is 23.4 Å². The highest BCUT2D eigenvalue weighted by Crippen LogP contribution is 2.21. The zero-order valence-corrected chi connectivity index (χ0v) is 12.0. The van der Waals surface area contributed by atoms with Gasteiger partial charge in [-0.1, -0.05) is 11.5 Å². The fourth-order valence-electron chi connectivity index (χ4n) is 1.75. The Morgan fingerprint density at radius 3 is 2.79 bits per heavy atom. The molecule has 1 N–H and O–H groups in total. The molecule has 1 aromatic heterocycles. The molecule has 104 valence electrons. The van der Waals surface area contributed by atoms with Crippen molar-refractivity contribution in [2.24, 2.45) is 0 Å². The van der Waals surface area contributed by atoms with E-state index in [2.05, 4.69) is 9.71 Å². The average molecular weight is 284 g/mol. The zero-order valence-electron chi connectivity index (χ0n) is 11.2. The minimum Gasteiger partial charge on any atom is -0.348 e. The van der Waals surface area contributed by atoms with Crippen LogP contribution in [0.5, 0.6) is 0 Å². The number of rotatable bonds is 4. The monoisotopic (exact) mass is 284 g/mol. The zero-order chi connectivity index (χ0) is 14.1. The highest BCUT2D eigenvalue weighted by molar-refractivity contribution is 7.89. The molecule has 1 saturated heterocycles. The first-order chi connectivity index (χ1) is 8.78. The van der Waals surface area contributed by atoms with Gasteiger partial charge < -0.3 is 9.47 Å². The van der Waals surface area contributed by atoms with Crippen LogP contribution < -0.4 is 10.2 Å². The van der Waals surface area contributed by atoms with E-state index >= 15 is 0 Å². The van der Waals surface area contributed by atoms with Crippen LogP contribution >= 0.6 is 0 Å². The number of pyridine rings is 1. The molecule has 0 spiro atoms. The Balaban J connectivity index is 1.97. The third kappa shape index (κ3) is 3.76. The van der Waals surface area contributed by atoms with E-state index in [0.29, 0.717) is 6.61 Å². The van der Waals surface area contributed by atoms with Crippen molar-refractivity contribution in [3.05, 3.63) is 18.3 Å². The lowest BCUT2D eigenvalue weighted by atomic mass is 9.99. The van der Waals surface area contributed by atoms with Gasteiger partial charge in [0.25, 0.3) is 10.0 Å². The normalized spacial score (nSPS) is 22.5. The van der Waals surface area contributed by atoms with Gasteiger partial charge in [-0.2, -0.15) is 0 Å². The van der Waals surface area contributed by atoms with Gasteiger partial charge in [-0.15, -0.1) is 0 Å². The Labute approximate surface area is 114 Å². The summed E-state index contributed by atoms with van der Waals surface area (Å²) in [6.07, 6.45) is 1.24. The number of nitrogens with one attached hydrogen (secondary N) is 1. The lowest BCUT2D eigenvalue weighted by Crippen LogP contribution is -2.35. The summed E-state index contributed by atoms with van der Waals surface area (Å²) in [4.78, 5) is 3.90. The van der Waals surface area contributed by atoms with E-state index < -0.39 is 15.8 Å². The second-order valence-electron chi connectivity index (χ2n) is 4.98. The summed E-state index contributed by atoms with van der Waals surface area (Å²) < 4.78 is 37.4. The third-order valence-corrected chi connectivity index (χ3v) is 4.07. The van der Waals surface area contributed by atoms with Gasteiger partial charge in [-0.05, 0) is 19.9 Å². The van der Waals surface area contributed by atoms with Gasteiger partial charge in [0.1, 0.15) is 7.85 Å². The molecule has 0 radical (unpaired) electrons. The second-order valence-corrected chi connectivity index (χ2v) is 6.69. The molecule has 2 rings (SSSR count). The molecular weight excluding hydrogens is 267 g/mol. The quantitative estimate of drug-likeness (QED) is 0.701. The molecule has 1 fully saturated rings. The van der Waals surface area contributed by atoms with E-state index in [1.165, 1.54) is 12.3 Å². The van der Waals surface area contributed by atoms with Gasteiger partial charge in [0.15, 0.2) is 10.8 Å². The number of aromatic nitrogens is 1. The largest absolute Gasteiger partial charge is 0.348 e. The van der Waals surface area contributed by atoms with Gasteiger partial charge in [-0.25, -0.2) is 18.1 Å². The van der Waals surface area contributed by atoms with Crippen LogP contribution in [0.2, 0.25) is 0 Å². The highest BCUT2D eigenvalue weighted by Gasteiger charge is 2.33. The Bertz CT molecular complexity index is 544. The molecule has 1 aromatic rings. The van der Waals surface area contributed by atoms with Crippen LogP contribution in [0.25, 0.3) is 0 Å². The minimum atomic E-state index is -3.60. The summed E-state index contributed by atoms with van der Waals surface area (Å²) in [6.45, 7) is 4.13. The van der Waals surface area contributed by atoms with E-state index in [9.17, 15) is 8.42 Å². The van der Waals surface area contributed by atoms with Crippen molar-refractivity contribution in [1.29, 1.82) is 0 Å². The maximum absolute atomic E-state index is 12.0. The molecule has 0 bridgehead atoms. The van der Waals surface area contributed by atoms with Crippen LogP contribution in [-0.4, -0.2) is 46.3 Å². The minimum absolute atomic E-state index is 0.0104. The Kier molecular flexibility index (Phi) is 3.96. The SMILES string of the molecule is Bc1ccc(S(=O)(=O)NCC2COC(C)(C)O2)nc1. The first-order valence-corrected chi connectivity index (χ1v) is 7.51. The van der Waals surface area contributed by atoms with Crippen LogP contribution in [0, 0.1) is 0 Å². The number of sulfonamides is 1. The van der Waals surface area contributed by atoms with Crippen LogP contribution in [0.3, 0.4) is 0 Å². The fraction of sp³-hybridized carbons (Fsp3) is 0.545. The van der Waals surface area contributed by atoms with E-state index in [1.54, 1.807) is 19.9 Å². The summed E-state index contributed by atoms with van der Waals surface area (Å²) in [5.74, 6) is -0.655. The predicted molar refractivity (Wildman–Crippen MR) is 72.5 cm³/mol. The summed E-state index contributed by atoms with van der Waals surface area (Å²) in [5.41, 5.74) is 0.910. The summed E-state index contributed by atoms with van der Waals surface area (Å²) in [6, 6.07) is 3.19. The van der Waals surface area contributed by atoms with Crippen molar-refractivity contribution >= 4 is 23.3 Å². The summed E-state index contributed by atoms with van der Waals surface area (Å²) >= 11 is 0. The van der Waals surface area contributed by atoms with Crippen molar-refractivity contribution in [3.63, 3.8) is 0 Å². The van der Waals surface area contributed by atoms with Crippen molar-refractivity contribution < 1.29 is 17.9 Å². The number of ether oxygens (including phenoxy) is 2. The van der Waals surface area contributed by atoms with Crippen molar-refractivity contribution in [3.8, 4) is 0 Å². The van der Waals surface area contributed by atoms with E-state index in [1.807, 2.05) is 7.85 Å². The van der Waals surface area contributed by atoms with Crippen molar-refractivity contribution in [2.75, 3.05) is 13.2 Å². The molecule has 0 amide bonds. The molecule has 1 aliphatic rings. The molecule has 0 aliphatic carbocycles. The van der Waals surface area contributed by atoms with Crippen molar-refractivity contribution in [1.82, 2.24) is 9.71 Å². The fourth-order valence-corrected chi connectivity index (χ4v) is 2.75. The van der Waals surface area contributed by atoms with Gasteiger partial charge >= 0.3 is 0 Å². The maximum atomic E-state index is 12.0.